The SMILES string of the molecule is CN=c1scc(-c2ccc(OC(F)F)cc2)n1/N=C/c1ccc(O)c(OC)c1. The van der Waals surface area contributed by atoms with Gasteiger partial charge >= 0.3 is 6.61 Å². The van der Waals surface area contributed by atoms with Gasteiger partial charge in [0, 0.05) is 18.0 Å². The topological polar surface area (TPSA) is 68.3 Å². The molecule has 0 saturated carbocycles. The maximum absolute atomic E-state index is 12.3. The highest BCUT2D eigenvalue weighted by atomic mass is 32.1. The van der Waals surface area contributed by atoms with Gasteiger partial charge in [0.2, 0.25) is 4.80 Å². The first-order valence-electron chi connectivity index (χ1n) is 8.12. The Morgan fingerprint density at radius 1 is 1.18 bits per heavy atom. The number of phenolic OH excluding ortho intramolecular Hbond substituents is 1. The molecule has 0 atom stereocenters. The second-order valence-corrected chi connectivity index (χ2v) is 6.35. The van der Waals surface area contributed by atoms with Crippen molar-refractivity contribution >= 4 is 17.6 Å². The average molecular weight is 405 g/mol. The largest absolute Gasteiger partial charge is 0.504 e. The summed E-state index contributed by atoms with van der Waals surface area (Å²) in [6.07, 6.45) is 1.61. The Bertz CT molecular complexity index is 1040. The van der Waals surface area contributed by atoms with E-state index in [1.807, 2.05) is 5.38 Å². The summed E-state index contributed by atoms with van der Waals surface area (Å²) in [5.74, 6) is 0.467. The van der Waals surface area contributed by atoms with Crippen molar-refractivity contribution in [2.75, 3.05) is 14.2 Å². The zero-order valence-electron chi connectivity index (χ0n) is 15.0. The number of aromatic hydroxyl groups is 1. The van der Waals surface area contributed by atoms with E-state index in [2.05, 4.69) is 14.8 Å². The Morgan fingerprint density at radius 3 is 2.57 bits per heavy atom. The van der Waals surface area contributed by atoms with Gasteiger partial charge in [-0.15, -0.1) is 11.3 Å². The molecular weight excluding hydrogens is 388 g/mol. The molecule has 2 aromatic carbocycles. The van der Waals surface area contributed by atoms with E-state index in [-0.39, 0.29) is 11.5 Å². The minimum atomic E-state index is -2.87. The number of nitrogens with zero attached hydrogens (tertiary/aromatic N) is 3. The highest BCUT2D eigenvalue weighted by Gasteiger charge is 2.09. The van der Waals surface area contributed by atoms with Crippen molar-refractivity contribution < 1.29 is 23.4 Å². The molecule has 0 spiro atoms. The van der Waals surface area contributed by atoms with Crippen LogP contribution in [0.2, 0.25) is 0 Å². The maximum Gasteiger partial charge on any atom is 0.387 e. The van der Waals surface area contributed by atoms with E-state index in [9.17, 15) is 13.9 Å². The lowest BCUT2D eigenvalue weighted by Crippen LogP contribution is -2.11. The molecule has 0 saturated heterocycles. The van der Waals surface area contributed by atoms with Crippen molar-refractivity contribution in [3.63, 3.8) is 0 Å². The number of rotatable bonds is 6. The smallest absolute Gasteiger partial charge is 0.387 e. The second kappa shape index (κ2) is 8.66. The molecule has 6 nitrogen and oxygen atoms in total. The molecule has 3 aromatic rings. The molecule has 0 aliphatic rings. The summed E-state index contributed by atoms with van der Waals surface area (Å²) in [7, 11) is 3.13. The van der Waals surface area contributed by atoms with Crippen LogP contribution in [0.5, 0.6) is 17.2 Å². The van der Waals surface area contributed by atoms with Crippen molar-refractivity contribution in [2.24, 2.45) is 10.1 Å². The van der Waals surface area contributed by atoms with Gasteiger partial charge in [-0.25, -0.2) is 4.68 Å². The summed E-state index contributed by atoms with van der Waals surface area (Å²) in [4.78, 5) is 4.87. The van der Waals surface area contributed by atoms with Crippen molar-refractivity contribution in [1.82, 2.24) is 4.68 Å². The quantitative estimate of drug-likeness (QED) is 0.632. The number of alkyl halides is 2. The molecule has 146 valence electrons. The van der Waals surface area contributed by atoms with Crippen molar-refractivity contribution in [3.8, 4) is 28.5 Å². The van der Waals surface area contributed by atoms with Crippen LogP contribution in [-0.2, 0) is 0 Å². The predicted molar refractivity (Wildman–Crippen MR) is 104 cm³/mol. The van der Waals surface area contributed by atoms with Crippen LogP contribution >= 0.6 is 11.3 Å². The van der Waals surface area contributed by atoms with Gasteiger partial charge in [-0.2, -0.15) is 13.9 Å². The molecule has 0 aliphatic heterocycles. The Kier molecular flexibility index (Phi) is 6.05. The lowest BCUT2D eigenvalue weighted by molar-refractivity contribution is -0.0498. The van der Waals surface area contributed by atoms with Gasteiger partial charge in [0.25, 0.3) is 0 Å². The fourth-order valence-corrected chi connectivity index (χ4v) is 3.27. The fraction of sp³-hybridized carbons (Fsp3) is 0.158. The zero-order valence-corrected chi connectivity index (χ0v) is 15.9. The second-order valence-electron chi connectivity index (χ2n) is 5.52. The standard InChI is InChI=1S/C19H17F2N3O3S/c1-22-19-24(23-10-12-3-8-16(25)17(9-12)26-2)15(11-28-19)13-4-6-14(7-5-13)27-18(20)21/h3-11,18,25H,1-2H3/b22-19?,23-10+. The van der Waals surface area contributed by atoms with Gasteiger partial charge in [0.1, 0.15) is 5.75 Å². The number of halogens is 2. The number of hydrogen-bond acceptors (Lipinski definition) is 6. The first-order chi connectivity index (χ1) is 13.5. The molecule has 0 bridgehead atoms. The number of methoxy groups -OCH3 is 1. The van der Waals surface area contributed by atoms with Crippen molar-refractivity contribution in [3.05, 3.63) is 58.2 Å². The Morgan fingerprint density at radius 2 is 1.93 bits per heavy atom. The van der Waals surface area contributed by atoms with E-state index in [0.717, 1.165) is 16.8 Å². The molecule has 0 unspecified atom stereocenters. The highest BCUT2D eigenvalue weighted by molar-refractivity contribution is 7.07. The summed E-state index contributed by atoms with van der Waals surface area (Å²) >= 11 is 1.40. The van der Waals surface area contributed by atoms with E-state index in [4.69, 9.17) is 4.74 Å². The molecule has 28 heavy (non-hydrogen) atoms. The molecular formula is C19H17F2N3O3S. The summed E-state index contributed by atoms with van der Waals surface area (Å²) < 4.78 is 35.8. The molecule has 9 heteroatoms. The Labute approximate surface area is 163 Å². The minimum absolute atomic E-state index is 0.0406. The normalized spacial score (nSPS) is 12.1. The van der Waals surface area contributed by atoms with Crippen LogP contribution in [0.1, 0.15) is 5.56 Å². The maximum atomic E-state index is 12.3. The first kappa shape index (κ1) is 19.6. The van der Waals surface area contributed by atoms with Crippen LogP contribution in [0.3, 0.4) is 0 Å². The first-order valence-corrected chi connectivity index (χ1v) is 8.99. The van der Waals surface area contributed by atoms with E-state index < -0.39 is 6.61 Å². The highest BCUT2D eigenvalue weighted by Crippen LogP contribution is 2.26. The van der Waals surface area contributed by atoms with Crippen molar-refractivity contribution in [1.29, 1.82) is 0 Å². The average Bonchev–Trinajstić information content (AvgIpc) is 3.10. The summed E-state index contributed by atoms with van der Waals surface area (Å²) in [6.45, 7) is -2.87. The Balaban J connectivity index is 1.95. The third-order valence-corrected chi connectivity index (χ3v) is 4.69. The van der Waals surface area contributed by atoms with E-state index >= 15 is 0 Å². The molecule has 0 radical (unpaired) electrons. The molecule has 3 rings (SSSR count). The molecule has 1 heterocycles. The third-order valence-electron chi connectivity index (χ3n) is 3.78. The van der Waals surface area contributed by atoms with Crippen LogP contribution in [0.4, 0.5) is 8.78 Å². The molecule has 0 fully saturated rings. The van der Waals surface area contributed by atoms with Gasteiger partial charge < -0.3 is 14.6 Å². The van der Waals surface area contributed by atoms with E-state index in [0.29, 0.717) is 10.6 Å². The number of thiazole rings is 1. The lowest BCUT2D eigenvalue weighted by Gasteiger charge is -2.07. The van der Waals surface area contributed by atoms with Gasteiger partial charge in [0.15, 0.2) is 11.5 Å². The van der Waals surface area contributed by atoms with Crippen LogP contribution in [0.25, 0.3) is 11.3 Å². The van der Waals surface area contributed by atoms with Crippen LogP contribution in [0.15, 0.2) is 57.9 Å². The number of aromatic nitrogens is 1. The summed E-state index contributed by atoms with van der Waals surface area (Å²) in [5, 5.41) is 16.0. The van der Waals surface area contributed by atoms with Crippen LogP contribution < -0.4 is 14.3 Å². The van der Waals surface area contributed by atoms with Crippen molar-refractivity contribution in [2.45, 2.75) is 6.61 Å². The van der Waals surface area contributed by atoms with Gasteiger partial charge in [0.05, 0.1) is 19.0 Å². The molecule has 1 N–H and O–H groups in total. The number of phenols is 1. The zero-order chi connectivity index (χ0) is 20.1. The van der Waals surface area contributed by atoms with Crippen LogP contribution in [-0.4, -0.2) is 36.8 Å². The molecule has 0 aliphatic carbocycles. The fourth-order valence-electron chi connectivity index (χ4n) is 2.47. The van der Waals surface area contributed by atoms with E-state index in [1.165, 1.54) is 36.6 Å². The Hall–Kier alpha value is -3.20. The third kappa shape index (κ3) is 4.37. The predicted octanol–water partition coefficient (Wildman–Crippen LogP) is 3.94. The lowest BCUT2D eigenvalue weighted by atomic mass is 10.2. The summed E-state index contributed by atoms with van der Waals surface area (Å²) in [5.41, 5.74) is 2.24. The van der Waals surface area contributed by atoms with Gasteiger partial charge in [-0.05, 0) is 48.0 Å². The monoisotopic (exact) mass is 405 g/mol. The minimum Gasteiger partial charge on any atom is -0.504 e. The van der Waals surface area contributed by atoms with Gasteiger partial charge in [-0.1, -0.05) is 0 Å². The molecule has 0 amide bonds. The summed E-state index contributed by atoms with van der Waals surface area (Å²) in [6, 6.07) is 11.2. The number of hydrogen-bond donors (Lipinski definition) is 1. The van der Waals surface area contributed by atoms with E-state index in [1.54, 1.807) is 42.2 Å². The number of ether oxygens (including phenoxy) is 2. The molecule has 1 aromatic heterocycles. The van der Waals surface area contributed by atoms with Crippen LogP contribution in [0, 0.1) is 0 Å². The van der Waals surface area contributed by atoms with Gasteiger partial charge in [-0.3, -0.25) is 4.99 Å². The number of benzene rings is 2.